The lowest BCUT2D eigenvalue weighted by Gasteiger charge is -2.20. The molecule has 0 aromatic heterocycles. The van der Waals surface area contributed by atoms with Crippen LogP contribution in [0.2, 0.25) is 0 Å². The molecule has 0 N–H and O–H groups in total. The molecule has 0 heterocycles. The molecule has 0 atom stereocenters. The van der Waals surface area contributed by atoms with Crippen LogP contribution in [-0.4, -0.2) is 22.3 Å². The van der Waals surface area contributed by atoms with E-state index in [-0.39, 0.29) is 18.0 Å². The van der Waals surface area contributed by atoms with Gasteiger partial charge in [0.2, 0.25) is 5.91 Å². The fraction of sp³-hybridized carbons (Fsp3) is 0.158. The maximum atomic E-state index is 12.4. The maximum Gasteiger partial charge on any atom is 0.269 e. The molecule has 2 rings (SSSR count). The van der Waals surface area contributed by atoms with Crippen LogP contribution in [-0.2, 0) is 11.3 Å². The van der Waals surface area contributed by atoms with E-state index >= 15 is 0 Å². The minimum Gasteiger partial charge on any atom is -0.334 e. The van der Waals surface area contributed by atoms with E-state index in [0.717, 1.165) is 5.56 Å². The first-order valence-corrected chi connectivity index (χ1v) is 7.72. The molecular weight excluding hydrogens is 318 g/mol. The van der Waals surface area contributed by atoms with Gasteiger partial charge in [-0.1, -0.05) is 30.3 Å². The minimum atomic E-state index is -0.470. The Morgan fingerprint density at radius 3 is 2.44 bits per heavy atom. The molecule has 0 saturated carbocycles. The molecule has 0 aliphatic rings. The van der Waals surface area contributed by atoms with Gasteiger partial charge in [0, 0.05) is 31.3 Å². The number of hydrogen-bond donors (Lipinski definition) is 0. The molecular formula is C19H17N3O3. The van der Waals surface area contributed by atoms with E-state index < -0.39 is 4.92 Å². The molecule has 0 unspecified atom stereocenters. The van der Waals surface area contributed by atoms with Crippen LogP contribution >= 0.6 is 0 Å². The number of nitro benzene ring substituents is 1. The Kier molecular flexibility index (Phi) is 6.43. The summed E-state index contributed by atoms with van der Waals surface area (Å²) in [5.74, 6) is -0.211. The first-order valence-electron chi connectivity index (χ1n) is 7.72. The Hall–Kier alpha value is -3.46. The van der Waals surface area contributed by atoms with E-state index in [1.165, 1.54) is 18.2 Å². The summed E-state index contributed by atoms with van der Waals surface area (Å²) >= 11 is 0. The number of amides is 1. The van der Waals surface area contributed by atoms with Crippen molar-refractivity contribution < 1.29 is 9.72 Å². The second kappa shape index (κ2) is 8.99. The van der Waals surface area contributed by atoms with Gasteiger partial charge >= 0.3 is 0 Å². The third-order valence-corrected chi connectivity index (χ3v) is 3.54. The molecule has 126 valence electrons. The Bertz CT molecular complexity index is 793. The largest absolute Gasteiger partial charge is 0.334 e. The topological polar surface area (TPSA) is 87.2 Å². The van der Waals surface area contributed by atoms with Crippen molar-refractivity contribution in [2.24, 2.45) is 0 Å². The van der Waals surface area contributed by atoms with Crippen molar-refractivity contribution in [3.63, 3.8) is 0 Å². The molecule has 2 aromatic rings. The quantitative estimate of drug-likeness (QED) is 0.440. The first-order chi connectivity index (χ1) is 12.1. The number of nitriles is 1. The van der Waals surface area contributed by atoms with E-state index in [1.807, 2.05) is 36.4 Å². The van der Waals surface area contributed by atoms with Gasteiger partial charge in [0.05, 0.1) is 17.4 Å². The molecule has 0 aliphatic heterocycles. The fourth-order valence-electron chi connectivity index (χ4n) is 2.24. The van der Waals surface area contributed by atoms with Crippen molar-refractivity contribution in [1.82, 2.24) is 4.90 Å². The van der Waals surface area contributed by atoms with E-state index in [1.54, 1.807) is 23.1 Å². The smallest absolute Gasteiger partial charge is 0.269 e. The predicted octanol–water partition coefficient (Wildman–Crippen LogP) is 3.55. The predicted molar refractivity (Wildman–Crippen MR) is 94.2 cm³/mol. The number of carbonyl (C=O) groups excluding carboxylic acids is 1. The van der Waals surface area contributed by atoms with E-state index in [9.17, 15) is 14.9 Å². The van der Waals surface area contributed by atoms with Gasteiger partial charge in [0.25, 0.3) is 5.69 Å². The Labute approximate surface area is 145 Å². The van der Waals surface area contributed by atoms with Gasteiger partial charge < -0.3 is 4.90 Å². The SMILES string of the molecule is N#CCCN(Cc1ccccc1)C(=O)/C=C/c1ccc([N+](=O)[O-])cc1. The normalized spacial score (nSPS) is 10.4. The zero-order valence-corrected chi connectivity index (χ0v) is 13.5. The van der Waals surface area contributed by atoms with Crippen LogP contribution < -0.4 is 0 Å². The van der Waals surface area contributed by atoms with Gasteiger partial charge in [-0.3, -0.25) is 14.9 Å². The Morgan fingerprint density at radius 2 is 1.84 bits per heavy atom. The second-order valence-corrected chi connectivity index (χ2v) is 5.34. The first kappa shape index (κ1) is 17.9. The third-order valence-electron chi connectivity index (χ3n) is 3.54. The van der Waals surface area contributed by atoms with Crippen LogP contribution in [0.25, 0.3) is 6.08 Å². The van der Waals surface area contributed by atoms with Gasteiger partial charge in [0.15, 0.2) is 0 Å². The molecule has 1 amide bonds. The van der Waals surface area contributed by atoms with Crippen molar-refractivity contribution in [3.8, 4) is 6.07 Å². The summed E-state index contributed by atoms with van der Waals surface area (Å²) < 4.78 is 0. The number of hydrogen-bond acceptors (Lipinski definition) is 4. The van der Waals surface area contributed by atoms with Crippen molar-refractivity contribution in [2.45, 2.75) is 13.0 Å². The summed E-state index contributed by atoms with van der Waals surface area (Å²) in [6.07, 6.45) is 3.28. The lowest BCUT2D eigenvalue weighted by molar-refractivity contribution is -0.384. The second-order valence-electron chi connectivity index (χ2n) is 5.34. The molecule has 6 nitrogen and oxygen atoms in total. The molecule has 6 heteroatoms. The van der Waals surface area contributed by atoms with Crippen LogP contribution in [0.5, 0.6) is 0 Å². The van der Waals surface area contributed by atoms with Crippen LogP contribution in [0.3, 0.4) is 0 Å². The number of carbonyl (C=O) groups is 1. The highest BCUT2D eigenvalue weighted by atomic mass is 16.6. The Morgan fingerprint density at radius 1 is 1.16 bits per heavy atom. The Balaban J connectivity index is 2.07. The van der Waals surface area contributed by atoms with Gasteiger partial charge in [-0.25, -0.2) is 0 Å². The van der Waals surface area contributed by atoms with Crippen LogP contribution in [0, 0.1) is 21.4 Å². The molecule has 0 aliphatic carbocycles. The number of benzene rings is 2. The van der Waals surface area contributed by atoms with Crippen LogP contribution in [0.1, 0.15) is 17.5 Å². The third kappa shape index (κ3) is 5.59. The molecule has 2 aromatic carbocycles. The lowest BCUT2D eigenvalue weighted by atomic mass is 10.2. The highest BCUT2D eigenvalue weighted by molar-refractivity contribution is 5.91. The summed E-state index contributed by atoms with van der Waals surface area (Å²) in [4.78, 5) is 24.2. The monoisotopic (exact) mass is 335 g/mol. The summed E-state index contributed by atoms with van der Waals surface area (Å²) in [5, 5.41) is 19.4. The maximum absolute atomic E-state index is 12.4. The van der Waals surface area contributed by atoms with E-state index in [4.69, 9.17) is 5.26 Å². The average molecular weight is 335 g/mol. The summed E-state index contributed by atoms with van der Waals surface area (Å²) in [5.41, 5.74) is 1.68. The summed E-state index contributed by atoms with van der Waals surface area (Å²) in [6, 6.07) is 17.5. The number of rotatable bonds is 7. The van der Waals surface area contributed by atoms with Gasteiger partial charge in [-0.15, -0.1) is 0 Å². The molecule has 0 saturated heterocycles. The van der Waals surface area contributed by atoms with Gasteiger partial charge in [-0.2, -0.15) is 5.26 Å². The van der Waals surface area contributed by atoms with Crippen LogP contribution in [0.15, 0.2) is 60.7 Å². The fourth-order valence-corrected chi connectivity index (χ4v) is 2.24. The number of non-ortho nitro benzene ring substituents is 1. The molecule has 0 spiro atoms. The highest BCUT2D eigenvalue weighted by Gasteiger charge is 2.11. The zero-order valence-electron chi connectivity index (χ0n) is 13.5. The number of nitro groups is 1. The highest BCUT2D eigenvalue weighted by Crippen LogP contribution is 2.13. The standard InChI is InChI=1S/C19H17N3O3/c20-13-4-14-21(15-17-5-2-1-3-6-17)19(23)12-9-16-7-10-18(11-8-16)22(24)25/h1-3,5-12H,4,14-15H2/b12-9+. The zero-order chi connectivity index (χ0) is 18.1. The summed E-state index contributed by atoms with van der Waals surface area (Å²) in [6.45, 7) is 0.765. The van der Waals surface area contributed by atoms with Gasteiger partial charge in [0.1, 0.15) is 0 Å². The van der Waals surface area contributed by atoms with E-state index in [2.05, 4.69) is 0 Å². The molecule has 0 bridgehead atoms. The van der Waals surface area contributed by atoms with Crippen molar-refractivity contribution in [1.29, 1.82) is 5.26 Å². The molecule has 0 radical (unpaired) electrons. The van der Waals surface area contributed by atoms with Gasteiger partial charge in [-0.05, 0) is 29.3 Å². The van der Waals surface area contributed by atoms with E-state index in [0.29, 0.717) is 18.7 Å². The van der Waals surface area contributed by atoms with Crippen molar-refractivity contribution >= 4 is 17.7 Å². The lowest BCUT2D eigenvalue weighted by Crippen LogP contribution is -2.29. The molecule has 25 heavy (non-hydrogen) atoms. The van der Waals surface area contributed by atoms with Crippen molar-refractivity contribution in [2.75, 3.05) is 6.54 Å². The van der Waals surface area contributed by atoms with Crippen LogP contribution in [0.4, 0.5) is 5.69 Å². The molecule has 0 fully saturated rings. The summed E-state index contributed by atoms with van der Waals surface area (Å²) in [7, 11) is 0. The average Bonchev–Trinajstić information content (AvgIpc) is 2.64. The number of nitrogens with zero attached hydrogens (tertiary/aromatic N) is 3. The minimum absolute atomic E-state index is 0.00296. The van der Waals surface area contributed by atoms with Crippen molar-refractivity contribution in [3.05, 3.63) is 81.9 Å².